The Labute approximate surface area is 236 Å². The molecular formula is C27H27F3N6O4S. The summed E-state index contributed by atoms with van der Waals surface area (Å²) in [5.74, 6) is -0.494. The molecule has 0 aliphatic rings. The number of alkyl halides is 3. The second-order valence-electron chi connectivity index (χ2n) is 8.91. The summed E-state index contributed by atoms with van der Waals surface area (Å²) < 4.78 is 41.8. The van der Waals surface area contributed by atoms with Crippen molar-refractivity contribution in [1.29, 1.82) is 0 Å². The normalized spacial score (nSPS) is 11.5. The lowest BCUT2D eigenvalue weighted by atomic mass is 9.99. The van der Waals surface area contributed by atoms with E-state index >= 15 is 0 Å². The summed E-state index contributed by atoms with van der Waals surface area (Å²) in [6, 6.07) is 5.79. The first-order chi connectivity index (χ1) is 19.6. The lowest BCUT2D eigenvalue weighted by Gasteiger charge is -2.15. The molecule has 4 aromatic rings. The van der Waals surface area contributed by atoms with Crippen molar-refractivity contribution in [1.82, 2.24) is 25.2 Å². The van der Waals surface area contributed by atoms with Gasteiger partial charge in [0.2, 0.25) is 5.43 Å². The van der Waals surface area contributed by atoms with Gasteiger partial charge in [0.05, 0.1) is 12.1 Å². The number of urea groups is 1. The number of aliphatic hydroxyl groups is 1. The molecule has 0 aliphatic heterocycles. The Morgan fingerprint density at radius 2 is 1.90 bits per heavy atom. The van der Waals surface area contributed by atoms with Crippen LogP contribution in [-0.2, 0) is 12.7 Å². The zero-order chi connectivity index (χ0) is 29.7. The van der Waals surface area contributed by atoms with Gasteiger partial charge in [-0.15, -0.1) is 11.3 Å². The summed E-state index contributed by atoms with van der Waals surface area (Å²) in [7, 11) is 0. The molecule has 0 spiro atoms. The number of nitrogens with one attached hydrogen (secondary N) is 3. The standard InChI is InChI=1S/C27H27F3N6O4S/c1-3-8-36-13-19(24(39)32-7-9-37)23(38)16-6-5-15(10-20(16)36)18-12-33-22(35-26(40)31-4-2)11-17(18)25-34-21(14-41-25)27(28,29)30/h5-6,10-14,37H,3-4,7-9H2,1-2H3,(H,32,39)(H2,31,33,35,40). The molecule has 4 rings (SSSR count). The highest BCUT2D eigenvalue weighted by atomic mass is 32.1. The Morgan fingerprint density at radius 1 is 1.12 bits per heavy atom. The molecule has 10 nitrogen and oxygen atoms in total. The van der Waals surface area contributed by atoms with Gasteiger partial charge in [0, 0.05) is 53.9 Å². The zero-order valence-electron chi connectivity index (χ0n) is 22.1. The van der Waals surface area contributed by atoms with Crippen molar-refractivity contribution in [2.24, 2.45) is 0 Å². The van der Waals surface area contributed by atoms with Crippen LogP contribution < -0.4 is 21.4 Å². The fourth-order valence-corrected chi connectivity index (χ4v) is 5.05. The number of hydrogen-bond donors (Lipinski definition) is 4. The van der Waals surface area contributed by atoms with E-state index in [1.807, 2.05) is 6.92 Å². The molecule has 216 valence electrons. The molecule has 0 fully saturated rings. The van der Waals surface area contributed by atoms with Crippen molar-refractivity contribution in [3.63, 3.8) is 0 Å². The van der Waals surface area contributed by atoms with E-state index in [1.165, 1.54) is 18.5 Å². The Balaban J connectivity index is 1.88. The first-order valence-electron chi connectivity index (χ1n) is 12.7. The summed E-state index contributed by atoms with van der Waals surface area (Å²) >= 11 is 0.800. The van der Waals surface area contributed by atoms with Crippen LogP contribution in [0.15, 0.2) is 46.8 Å². The molecule has 3 heterocycles. The molecule has 3 amide bonds. The van der Waals surface area contributed by atoms with Crippen molar-refractivity contribution >= 4 is 40.0 Å². The topological polar surface area (TPSA) is 138 Å². The number of fused-ring (bicyclic) bond motifs is 1. The Hall–Kier alpha value is -4.30. The van der Waals surface area contributed by atoms with Gasteiger partial charge in [-0.25, -0.2) is 14.8 Å². The Kier molecular flexibility index (Phi) is 9.03. The number of amides is 3. The number of carbonyl (C=O) groups is 2. The van der Waals surface area contributed by atoms with Gasteiger partial charge in [-0.1, -0.05) is 13.0 Å². The maximum atomic E-state index is 13.4. The minimum absolute atomic E-state index is 0.00340. The van der Waals surface area contributed by atoms with Crippen molar-refractivity contribution in [3.05, 3.63) is 63.5 Å². The second kappa shape index (κ2) is 12.5. The summed E-state index contributed by atoms with van der Waals surface area (Å²) in [5.41, 5.74) is 0.170. The number of nitrogens with zero attached hydrogens (tertiary/aromatic N) is 3. The predicted molar refractivity (Wildman–Crippen MR) is 150 cm³/mol. The lowest BCUT2D eigenvalue weighted by Crippen LogP contribution is -2.31. The average molecular weight is 589 g/mol. The van der Waals surface area contributed by atoms with Gasteiger partial charge < -0.3 is 20.3 Å². The number of benzene rings is 1. The van der Waals surface area contributed by atoms with Crippen molar-refractivity contribution in [2.45, 2.75) is 33.0 Å². The van der Waals surface area contributed by atoms with Gasteiger partial charge in [-0.2, -0.15) is 13.2 Å². The van der Waals surface area contributed by atoms with Gasteiger partial charge in [-0.3, -0.25) is 14.9 Å². The fourth-order valence-electron chi connectivity index (χ4n) is 4.19. The Bertz CT molecular complexity index is 1650. The molecule has 0 saturated carbocycles. The highest BCUT2D eigenvalue weighted by molar-refractivity contribution is 7.13. The molecule has 0 bridgehead atoms. The van der Waals surface area contributed by atoms with Crippen LogP contribution >= 0.6 is 11.3 Å². The minimum Gasteiger partial charge on any atom is -0.395 e. The van der Waals surface area contributed by atoms with Crippen LogP contribution in [0, 0.1) is 0 Å². The largest absolute Gasteiger partial charge is 0.434 e. The van der Waals surface area contributed by atoms with Crippen LogP contribution in [0.2, 0.25) is 0 Å². The number of aliphatic hydroxyl groups excluding tert-OH is 1. The maximum absolute atomic E-state index is 13.4. The summed E-state index contributed by atoms with van der Waals surface area (Å²) in [6.45, 7) is 4.22. The van der Waals surface area contributed by atoms with Crippen LogP contribution in [0.5, 0.6) is 0 Å². The third-order valence-electron chi connectivity index (χ3n) is 6.01. The van der Waals surface area contributed by atoms with Gasteiger partial charge in [-0.05, 0) is 37.1 Å². The molecule has 3 aromatic heterocycles. The lowest BCUT2D eigenvalue weighted by molar-refractivity contribution is -0.140. The summed E-state index contributed by atoms with van der Waals surface area (Å²) in [4.78, 5) is 45.9. The molecule has 0 saturated heterocycles. The first-order valence-corrected chi connectivity index (χ1v) is 13.6. The van der Waals surface area contributed by atoms with E-state index in [1.54, 1.807) is 29.7 Å². The van der Waals surface area contributed by atoms with E-state index in [9.17, 15) is 27.6 Å². The second-order valence-corrected chi connectivity index (χ2v) is 9.77. The molecule has 0 atom stereocenters. The molecule has 4 N–H and O–H groups in total. The monoisotopic (exact) mass is 588 g/mol. The molecule has 1 aromatic carbocycles. The van der Waals surface area contributed by atoms with E-state index in [0.717, 1.165) is 16.7 Å². The molecule has 0 aliphatic carbocycles. The van der Waals surface area contributed by atoms with E-state index in [4.69, 9.17) is 5.11 Å². The number of halogens is 3. The average Bonchev–Trinajstić information content (AvgIpc) is 3.44. The van der Waals surface area contributed by atoms with E-state index in [0.29, 0.717) is 41.7 Å². The third-order valence-corrected chi connectivity index (χ3v) is 6.88. The van der Waals surface area contributed by atoms with Crippen LogP contribution in [-0.4, -0.2) is 51.3 Å². The predicted octanol–water partition coefficient (Wildman–Crippen LogP) is 4.48. The maximum Gasteiger partial charge on any atom is 0.434 e. The molecule has 41 heavy (non-hydrogen) atoms. The summed E-state index contributed by atoms with van der Waals surface area (Å²) in [6.07, 6.45) is -1.07. The van der Waals surface area contributed by atoms with Gasteiger partial charge >= 0.3 is 12.2 Å². The molecular weight excluding hydrogens is 561 g/mol. The van der Waals surface area contributed by atoms with E-state index in [-0.39, 0.29) is 34.9 Å². The number of anilines is 1. The minimum atomic E-state index is -4.63. The van der Waals surface area contributed by atoms with Crippen LogP contribution in [0.3, 0.4) is 0 Å². The number of thiazole rings is 1. The SMILES string of the molecule is CCCn1cc(C(=O)NCCO)c(=O)c2ccc(-c3cnc(NC(=O)NCC)cc3-c3nc(C(F)(F)F)cs3)cc21. The van der Waals surface area contributed by atoms with E-state index in [2.05, 4.69) is 25.9 Å². The first kappa shape index (κ1) is 29.7. The van der Waals surface area contributed by atoms with Gasteiger partial charge in [0.15, 0.2) is 5.69 Å². The quantitative estimate of drug-likeness (QED) is 0.228. The summed E-state index contributed by atoms with van der Waals surface area (Å²) in [5, 5.41) is 17.9. The highest BCUT2D eigenvalue weighted by Crippen LogP contribution is 2.39. The van der Waals surface area contributed by atoms with E-state index < -0.39 is 29.2 Å². The highest BCUT2D eigenvalue weighted by Gasteiger charge is 2.34. The van der Waals surface area contributed by atoms with Crippen LogP contribution in [0.4, 0.5) is 23.8 Å². The number of carbonyl (C=O) groups excluding carboxylic acids is 2. The van der Waals surface area contributed by atoms with Crippen molar-refractivity contribution < 1.29 is 27.9 Å². The fraction of sp³-hybridized carbons (Fsp3) is 0.296. The van der Waals surface area contributed by atoms with Crippen LogP contribution in [0.25, 0.3) is 32.6 Å². The van der Waals surface area contributed by atoms with Gasteiger partial charge in [0.25, 0.3) is 5.91 Å². The molecule has 0 radical (unpaired) electrons. The molecule has 14 heteroatoms. The number of aryl methyl sites for hydroxylation is 1. The molecule has 0 unspecified atom stereocenters. The van der Waals surface area contributed by atoms with Crippen molar-refractivity contribution in [3.8, 4) is 21.7 Å². The number of rotatable bonds is 9. The zero-order valence-corrected chi connectivity index (χ0v) is 22.9. The third kappa shape index (κ3) is 6.55. The number of pyridine rings is 2. The Morgan fingerprint density at radius 3 is 2.56 bits per heavy atom. The van der Waals surface area contributed by atoms with Crippen molar-refractivity contribution in [2.75, 3.05) is 25.0 Å². The smallest absolute Gasteiger partial charge is 0.395 e. The number of aromatic nitrogens is 3. The van der Waals surface area contributed by atoms with Crippen LogP contribution in [0.1, 0.15) is 36.3 Å². The number of hydrogen-bond acceptors (Lipinski definition) is 7. The van der Waals surface area contributed by atoms with Gasteiger partial charge in [0.1, 0.15) is 16.4 Å².